The third kappa shape index (κ3) is 4.65. The molecule has 0 radical (unpaired) electrons. The third-order valence-corrected chi connectivity index (χ3v) is 4.98. The van der Waals surface area contributed by atoms with Crippen molar-refractivity contribution in [3.63, 3.8) is 0 Å². The normalized spacial score (nSPS) is 15.5. The van der Waals surface area contributed by atoms with E-state index in [9.17, 15) is 14.4 Å². The van der Waals surface area contributed by atoms with Gasteiger partial charge in [0, 0.05) is 18.7 Å². The van der Waals surface area contributed by atoms with Crippen molar-refractivity contribution in [2.75, 3.05) is 13.1 Å². The zero-order valence-corrected chi connectivity index (χ0v) is 16.0. The number of thioether (sulfide) groups is 1. The van der Waals surface area contributed by atoms with Gasteiger partial charge in [0.15, 0.2) is 0 Å². The predicted octanol–water partition coefficient (Wildman–Crippen LogP) is 3.77. The molecule has 0 unspecified atom stereocenters. The highest BCUT2D eigenvalue weighted by Crippen LogP contribution is 2.31. The van der Waals surface area contributed by atoms with E-state index in [-0.39, 0.29) is 30.1 Å². The lowest BCUT2D eigenvalue weighted by molar-refractivity contribution is -0.122. The lowest BCUT2D eigenvalue weighted by atomic mass is 10.1. The lowest BCUT2D eigenvalue weighted by Gasteiger charge is -2.13. The van der Waals surface area contributed by atoms with Crippen molar-refractivity contribution in [2.24, 2.45) is 0 Å². The van der Waals surface area contributed by atoms with Crippen LogP contribution in [0.2, 0.25) is 0 Å². The number of rotatable bonds is 5. The van der Waals surface area contributed by atoms with Crippen molar-refractivity contribution in [1.82, 2.24) is 10.2 Å². The van der Waals surface area contributed by atoms with Crippen LogP contribution in [0, 0.1) is 13.8 Å². The fourth-order valence-electron chi connectivity index (χ4n) is 2.88. The summed E-state index contributed by atoms with van der Waals surface area (Å²) in [5, 5.41) is 2.46. The molecular formula is C21H20N2O3S. The van der Waals surface area contributed by atoms with Crippen LogP contribution < -0.4 is 5.32 Å². The van der Waals surface area contributed by atoms with Crippen LogP contribution in [0.15, 0.2) is 53.4 Å². The fourth-order valence-corrected chi connectivity index (χ4v) is 3.75. The minimum atomic E-state index is -0.325. The van der Waals surface area contributed by atoms with Gasteiger partial charge in [-0.05, 0) is 49.4 Å². The van der Waals surface area contributed by atoms with Crippen molar-refractivity contribution in [3.05, 3.63) is 75.7 Å². The van der Waals surface area contributed by atoms with Crippen molar-refractivity contribution >= 4 is 34.9 Å². The van der Waals surface area contributed by atoms with Crippen LogP contribution in [0.1, 0.15) is 27.0 Å². The van der Waals surface area contributed by atoms with E-state index in [1.54, 1.807) is 6.08 Å². The minimum absolute atomic E-state index is 0.146. The molecule has 1 heterocycles. The Morgan fingerprint density at radius 1 is 1.07 bits per heavy atom. The number of amides is 3. The first kappa shape index (κ1) is 18.9. The number of aryl methyl sites for hydroxylation is 2. The smallest absolute Gasteiger partial charge is 0.293 e. The largest absolute Gasteiger partial charge is 0.350 e. The molecule has 0 aromatic heterocycles. The summed E-state index contributed by atoms with van der Waals surface area (Å²) in [6, 6.07) is 15.0. The molecule has 6 heteroatoms. The molecule has 0 bridgehead atoms. The van der Waals surface area contributed by atoms with E-state index in [2.05, 4.69) is 5.32 Å². The molecule has 138 valence electrons. The van der Waals surface area contributed by atoms with Gasteiger partial charge in [-0.1, -0.05) is 47.5 Å². The SMILES string of the molecule is Cc1cc(C)cc(C(=O)NCCN2C(=O)SC(=Cc3ccccc3)C2=O)c1. The quantitative estimate of drug-likeness (QED) is 0.802. The molecule has 2 aromatic rings. The van der Waals surface area contributed by atoms with Gasteiger partial charge in [-0.3, -0.25) is 19.3 Å². The van der Waals surface area contributed by atoms with Crippen LogP contribution >= 0.6 is 11.8 Å². The number of carbonyl (C=O) groups excluding carboxylic acids is 3. The van der Waals surface area contributed by atoms with Gasteiger partial charge in [0.05, 0.1) is 4.91 Å². The van der Waals surface area contributed by atoms with Gasteiger partial charge in [-0.15, -0.1) is 0 Å². The Kier molecular flexibility index (Phi) is 5.76. The highest BCUT2D eigenvalue weighted by atomic mass is 32.2. The minimum Gasteiger partial charge on any atom is -0.350 e. The van der Waals surface area contributed by atoms with Crippen molar-refractivity contribution in [1.29, 1.82) is 0 Å². The molecule has 2 aromatic carbocycles. The zero-order chi connectivity index (χ0) is 19.4. The van der Waals surface area contributed by atoms with Crippen LogP contribution in [-0.4, -0.2) is 35.0 Å². The summed E-state index contributed by atoms with van der Waals surface area (Å²) < 4.78 is 0. The van der Waals surface area contributed by atoms with Crippen molar-refractivity contribution in [3.8, 4) is 0 Å². The van der Waals surface area contributed by atoms with E-state index in [0.717, 1.165) is 28.5 Å². The summed E-state index contributed by atoms with van der Waals surface area (Å²) in [6.07, 6.45) is 1.71. The number of imide groups is 1. The third-order valence-electron chi connectivity index (χ3n) is 4.08. The predicted molar refractivity (Wildman–Crippen MR) is 107 cm³/mol. The number of hydrogen-bond acceptors (Lipinski definition) is 4. The van der Waals surface area contributed by atoms with Crippen LogP contribution in [0.25, 0.3) is 6.08 Å². The molecule has 3 rings (SSSR count). The number of hydrogen-bond donors (Lipinski definition) is 1. The summed E-state index contributed by atoms with van der Waals surface area (Å²) in [6.45, 7) is 4.22. The van der Waals surface area contributed by atoms with Gasteiger partial charge < -0.3 is 5.32 Å². The second-order valence-corrected chi connectivity index (χ2v) is 7.37. The number of nitrogens with one attached hydrogen (secondary N) is 1. The van der Waals surface area contributed by atoms with Gasteiger partial charge in [0.2, 0.25) is 0 Å². The highest BCUT2D eigenvalue weighted by Gasteiger charge is 2.34. The highest BCUT2D eigenvalue weighted by molar-refractivity contribution is 8.18. The summed E-state index contributed by atoms with van der Waals surface area (Å²) in [5.74, 6) is -0.539. The first-order chi connectivity index (χ1) is 12.9. The first-order valence-electron chi connectivity index (χ1n) is 8.61. The number of benzene rings is 2. The Bertz CT molecular complexity index is 902. The van der Waals surface area contributed by atoms with E-state index in [1.165, 1.54) is 4.90 Å². The molecular weight excluding hydrogens is 360 g/mol. The Labute approximate surface area is 162 Å². The topological polar surface area (TPSA) is 66.5 Å². The first-order valence-corrected chi connectivity index (χ1v) is 9.42. The summed E-state index contributed by atoms with van der Waals surface area (Å²) in [7, 11) is 0. The van der Waals surface area contributed by atoms with Crippen molar-refractivity contribution in [2.45, 2.75) is 13.8 Å². The van der Waals surface area contributed by atoms with Crippen LogP contribution in [0.5, 0.6) is 0 Å². The zero-order valence-electron chi connectivity index (χ0n) is 15.2. The van der Waals surface area contributed by atoms with Crippen LogP contribution in [0.3, 0.4) is 0 Å². The Balaban J connectivity index is 1.59. The number of carbonyl (C=O) groups is 3. The van der Waals surface area contributed by atoms with Gasteiger partial charge in [0.25, 0.3) is 17.1 Å². The average Bonchev–Trinajstić information content (AvgIpc) is 2.89. The molecule has 0 saturated carbocycles. The van der Waals surface area contributed by atoms with E-state index >= 15 is 0 Å². The van der Waals surface area contributed by atoms with Gasteiger partial charge in [-0.25, -0.2) is 0 Å². The van der Waals surface area contributed by atoms with Gasteiger partial charge in [-0.2, -0.15) is 0 Å². The Hall–Kier alpha value is -2.86. The maximum absolute atomic E-state index is 12.5. The summed E-state index contributed by atoms with van der Waals surface area (Å²) in [4.78, 5) is 38.4. The molecule has 0 aliphatic carbocycles. The molecule has 0 atom stereocenters. The summed E-state index contributed by atoms with van der Waals surface area (Å²) >= 11 is 0.922. The van der Waals surface area contributed by atoms with Crippen LogP contribution in [0.4, 0.5) is 4.79 Å². The fraction of sp³-hybridized carbons (Fsp3) is 0.190. The van der Waals surface area contributed by atoms with Gasteiger partial charge >= 0.3 is 0 Å². The second kappa shape index (κ2) is 8.22. The maximum atomic E-state index is 12.5. The molecule has 27 heavy (non-hydrogen) atoms. The van der Waals surface area contributed by atoms with E-state index in [0.29, 0.717) is 10.5 Å². The molecule has 1 N–H and O–H groups in total. The Morgan fingerprint density at radius 3 is 2.41 bits per heavy atom. The van der Waals surface area contributed by atoms with E-state index in [4.69, 9.17) is 0 Å². The maximum Gasteiger partial charge on any atom is 0.293 e. The number of nitrogens with zero attached hydrogens (tertiary/aromatic N) is 1. The van der Waals surface area contributed by atoms with Gasteiger partial charge in [0.1, 0.15) is 0 Å². The van der Waals surface area contributed by atoms with Crippen molar-refractivity contribution < 1.29 is 14.4 Å². The molecule has 3 amide bonds. The monoisotopic (exact) mass is 380 g/mol. The second-order valence-electron chi connectivity index (χ2n) is 6.38. The molecule has 1 saturated heterocycles. The molecule has 0 spiro atoms. The lowest BCUT2D eigenvalue weighted by Crippen LogP contribution is -2.37. The van der Waals surface area contributed by atoms with E-state index in [1.807, 2.05) is 62.4 Å². The summed E-state index contributed by atoms with van der Waals surface area (Å²) in [5.41, 5.74) is 3.46. The molecule has 1 aliphatic rings. The average molecular weight is 380 g/mol. The molecule has 1 aliphatic heterocycles. The van der Waals surface area contributed by atoms with Crippen LogP contribution in [-0.2, 0) is 4.79 Å². The molecule has 1 fully saturated rings. The Morgan fingerprint density at radius 2 is 1.74 bits per heavy atom. The molecule has 5 nitrogen and oxygen atoms in total. The van der Waals surface area contributed by atoms with E-state index < -0.39 is 0 Å². The standard InChI is InChI=1S/C21H20N2O3S/c1-14-10-15(2)12-17(11-14)19(24)22-8-9-23-20(25)18(27-21(23)26)13-16-6-4-3-5-7-16/h3-7,10-13H,8-9H2,1-2H3,(H,22,24).